The molecule has 230 valence electrons. The van der Waals surface area contributed by atoms with Crippen LogP contribution in [0.5, 0.6) is 0 Å². The van der Waals surface area contributed by atoms with Gasteiger partial charge in [0.1, 0.15) is 13.2 Å². The van der Waals surface area contributed by atoms with Crippen LogP contribution in [0, 0.1) is 0 Å². The zero-order valence-corrected chi connectivity index (χ0v) is 24.3. The molecule has 0 radical (unpaired) electrons. The highest BCUT2D eigenvalue weighted by molar-refractivity contribution is 5.91. The summed E-state index contributed by atoms with van der Waals surface area (Å²) in [6.45, 7) is -1.12. The van der Waals surface area contributed by atoms with Gasteiger partial charge < -0.3 is 28.4 Å². The van der Waals surface area contributed by atoms with E-state index in [2.05, 4.69) is 0 Å². The van der Waals surface area contributed by atoms with Crippen molar-refractivity contribution in [1.82, 2.24) is 0 Å². The van der Waals surface area contributed by atoms with Crippen molar-refractivity contribution in [3.05, 3.63) is 144 Å². The summed E-state index contributed by atoms with van der Waals surface area (Å²) in [5.41, 5.74) is -0.936. The van der Waals surface area contributed by atoms with Gasteiger partial charge in [-0.1, -0.05) is 72.8 Å². The number of methoxy groups -OCH3 is 1. The van der Waals surface area contributed by atoms with Crippen LogP contribution in [0.2, 0.25) is 0 Å². The first-order valence-electron chi connectivity index (χ1n) is 14.1. The first-order chi connectivity index (χ1) is 21.9. The van der Waals surface area contributed by atoms with Crippen LogP contribution in [-0.2, 0) is 28.4 Å². The molecule has 0 spiro atoms. The summed E-state index contributed by atoms with van der Waals surface area (Å²) in [5, 5.41) is 0. The fourth-order valence-electron chi connectivity index (χ4n) is 4.77. The van der Waals surface area contributed by atoms with Gasteiger partial charge in [0.2, 0.25) is 0 Å². The zero-order valence-electron chi connectivity index (χ0n) is 24.3. The maximum Gasteiger partial charge on any atom is 0.338 e. The van der Waals surface area contributed by atoms with Crippen molar-refractivity contribution in [1.29, 1.82) is 0 Å². The molecule has 45 heavy (non-hydrogen) atoms. The van der Waals surface area contributed by atoms with Crippen LogP contribution in [-0.4, -0.2) is 68.3 Å². The molecule has 1 fully saturated rings. The van der Waals surface area contributed by atoms with Gasteiger partial charge >= 0.3 is 23.9 Å². The van der Waals surface area contributed by atoms with Gasteiger partial charge in [0, 0.05) is 7.11 Å². The Kier molecular flexibility index (Phi) is 9.98. The lowest BCUT2D eigenvalue weighted by Crippen LogP contribution is -2.54. The number of carbonyl (C=O) groups excluding carboxylic acids is 4. The minimum absolute atomic E-state index is 0.197. The molecular formula is C35H30O10. The highest BCUT2D eigenvalue weighted by Gasteiger charge is 2.61. The van der Waals surface area contributed by atoms with E-state index >= 15 is 0 Å². The molecule has 0 aromatic heterocycles. The first-order valence-corrected chi connectivity index (χ1v) is 14.1. The average Bonchev–Trinajstić information content (AvgIpc) is 3.39. The van der Waals surface area contributed by atoms with Crippen molar-refractivity contribution in [2.24, 2.45) is 0 Å². The third kappa shape index (κ3) is 7.43. The van der Waals surface area contributed by atoms with E-state index in [1.165, 1.54) is 7.11 Å². The van der Waals surface area contributed by atoms with E-state index in [0.29, 0.717) is 0 Å². The van der Waals surface area contributed by atoms with E-state index in [1.807, 2.05) is 0 Å². The summed E-state index contributed by atoms with van der Waals surface area (Å²) in [7, 11) is 1.31. The van der Waals surface area contributed by atoms with E-state index in [9.17, 15) is 19.2 Å². The minimum atomic E-state index is -1.86. The molecule has 0 aliphatic carbocycles. The fourth-order valence-corrected chi connectivity index (χ4v) is 4.77. The van der Waals surface area contributed by atoms with Crippen LogP contribution in [0.1, 0.15) is 41.4 Å². The summed E-state index contributed by atoms with van der Waals surface area (Å²) in [6.07, 6.45) is -4.13. The lowest BCUT2D eigenvalue weighted by molar-refractivity contribution is -0.199. The molecule has 4 aromatic rings. The number of hydrogen-bond donors (Lipinski definition) is 0. The molecule has 5 rings (SSSR count). The van der Waals surface area contributed by atoms with Crippen LogP contribution in [0.15, 0.2) is 121 Å². The molecule has 1 aliphatic rings. The second kappa shape index (κ2) is 14.4. The van der Waals surface area contributed by atoms with Crippen molar-refractivity contribution >= 4 is 23.9 Å². The fraction of sp³-hybridized carbons (Fsp3) is 0.200. The van der Waals surface area contributed by atoms with Crippen LogP contribution in [0.3, 0.4) is 0 Å². The Labute approximate surface area is 259 Å². The van der Waals surface area contributed by atoms with Gasteiger partial charge in [-0.15, -0.1) is 0 Å². The van der Waals surface area contributed by atoms with Crippen molar-refractivity contribution < 1.29 is 47.6 Å². The monoisotopic (exact) mass is 610 g/mol. The Morgan fingerprint density at radius 2 is 0.911 bits per heavy atom. The quantitative estimate of drug-likeness (QED) is 0.171. The largest absolute Gasteiger partial charge is 0.459 e. The van der Waals surface area contributed by atoms with Crippen molar-refractivity contribution in [3.8, 4) is 0 Å². The highest BCUT2D eigenvalue weighted by atomic mass is 16.7. The predicted molar refractivity (Wildman–Crippen MR) is 159 cm³/mol. The predicted octanol–water partition coefficient (Wildman–Crippen LogP) is 4.89. The van der Waals surface area contributed by atoms with Crippen LogP contribution < -0.4 is 0 Å². The molecule has 1 heterocycles. The number of hydrogen-bond acceptors (Lipinski definition) is 10. The number of ether oxygens (including phenoxy) is 6. The van der Waals surface area contributed by atoms with Crippen LogP contribution in [0.4, 0.5) is 0 Å². The Bertz CT molecular complexity index is 1540. The minimum Gasteiger partial charge on any atom is -0.459 e. The number of rotatable bonds is 11. The van der Waals surface area contributed by atoms with E-state index in [1.54, 1.807) is 121 Å². The summed E-state index contributed by atoms with van der Waals surface area (Å²) in [5.74, 6) is -2.94. The number of benzene rings is 4. The number of carbonyl (C=O) groups is 4. The zero-order chi connectivity index (χ0) is 31.6. The van der Waals surface area contributed by atoms with E-state index in [0.717, 1.165) is 0 Å². The standard InChI is InChI=1S/C35H30O10/c1-40-34-28(43-32(38)26-18-10-4-11-19-26)29(44-33(39)27-20-12-5-13-21-27)35(45-34,22-41-30(36)24-14-6-2-7-15-24)23-42-31(37)25-16-8-3-9-17-25/h2-21,28-29,34H,22-23H2,1H3/t28-,29+,34+/m1/s1. The van der Waals surface area contributed by atoms with Crippen LogP contribution in [0.25, 0.3) is 0 Å². The summed E-state index contributed by atoms with van der Waals surface area (Å²) in [4.78, 5) is 52.7. The van der Waals surface area contributed by atoms with Crippen LogP contribution >= 0.6 is 0 Å². The lowest BCUT2D eigenvalue weighted by Gasteiger charge is -2.33. The third-order valence-electron chi connectivity index (χ3n) is 7.08. The third-order valence-corrected chi connectivity index (χ3v) is 7.08. The second-order valence-corrected chi connectivity index (χ2v) is 10.1. The normalized spacial score (nSPS) is 18.4. The SMILES string of the molecule is CO[C@H]1OC(COC(=O)c2ccccc2)(COC(=O)c2ccccc2)[C@@H](OC(=O)c2ccccc2)[C@H]1OC(=O)c1ccccc1. The molecule has 10 nitrogen and oxygen atoms in total. The maximum atomic E-state index is 13.4. The molecule has 0 unspecified atom stereocenters. The summed E-state index contributed by atoms with van der Waals surface area (Å²) in [6, 6.07) is 32.8. The Morgan fingerprint density at radius 3 is 1.29 bits per heavy atom. The summed E-state index contributed by atoms with van der Waals surface area (Å²) < 4.78 is 34.9. The van der Waals surface area contributed by atoms with E-state index in [-0.39, 0.29) is 22.3 Å². The lowest BCUT2D eigenvalue weighted by atomic mass is 9.96. The first kappa shape index (κ1) is 31.1. The van der Waals surface area contributed by atoms with Gasteiger partial charge in [-0.2, -0.15) is 0 Å². The Hall–Kier alpha value is -5.32. The topological polar surface area (TPSA) is 124 Å². The maximum absolute atomic E-state index is 13.4. The average molecular weight is 611 g/mol. The van der Waals surface area contributed by atoms with Crippen molar-refractivity contribution in [2.45, 2.75) is 24.1 Å². The smallest absolute Gasteiger partial charge is 0.338 e. The molecule has 4 aromatic carbocycles. The van der Waals surface area contributed by atoms with Gasteiger partial charge in [-0.3, -0.25) is 0 Å². The van der Waals surface area contributed by atoms with Gasteiger partial charge in [0.15, 0.2) is 24.1 Å². The molecule has 1 saturated heterocycles. The van der Waals surface area contributed by atoms with E-state index in [4.69, 9.17) is 28.4 Å². The molecule has 3 atom stereocenters. The second-order valence-electron chi connectivity index (χ2n) is 10.1. The molecule has 10 heteroatoms. The highest BCUT2D eigenvalue weighted by Crippen LogP contribution is 2.38. The van der Waals surface area contributed by atoms with Gasteiger partial charge in [-0.25, -0.2) is 19.2 Å². The molecule has 0 amide bonds. The van der Waals surface area contributed by atoms with Gasteiger partial charge in [0.25, 0.3) is 0 Å². The summed E-state index contributed by atoms with van der Waals surface area (Å²) >= 11 is 0. The molecular weight excluding hydrogens is 580 g/mol. The molecule has 0 N–H and O–H groups in total. The van der Waals surface area contributed by atoms with Gasteiger partial charge in [0.05, 0.1) is 22.3 Å². The Balaban J connectivity index is 1.51. The molecule has 1 aliphatic heterocycles. The molecule has 0 saturated carbocycles. The van der Waals surface area contributed by atoms with E-state index < -0.39 is 61.2 Å². The van der Waals surface area contributed by atoms with Crippen molar-refractivity contribution in [3.63, 3.8) is 0 Å². The number of esters is 4. The molecule has 0 bridgehead atoms. The Morgan fingerprint density at radius 1 is 0.556 bits per heavy atom. The van der Waals surface area contributed by atoms with Gasteiger partial charge in [-0.05, 0) is 48.5 Å². The van der Waals surface area contributed by atoms with Crippen molar-refractivity contribution in [2.75, 3.05) is 20.3 Å².